The fourth-order valence-corrected chi connectivity index (χ4v) is 9.71. The molecule has 0 bridgehead atoms. The largest absolute Gasteiger partial charge is 0.461 e. The number of aromatic nitrogens is 1. The number of amides is 1. The Morgan fingerprint density at radius 1 is 0.848 bits per heavy atom. The molecule has 10 heteroatoms. The van der Waals surface area contributed by atoms with Crippen molar-refractivity contribution in [3.63, 3.8) is 0 Å². The zero-order valence-corrected chi connectivity index (χ0v) is 28.5. The maximum atomic E-state index is 12.6. The minimum absolute atomic E-state index is 0.0455. The van der Waals surface area contributed by atoms with E-state index in [9.17, 15) is 9.59 Å². The fraction of sp³-hybridized carbons (Fsp3) is 0.194. The standard InChI is InChI=1S/C36H32N2O4S4/c1-3-32(39)41-20-19-37-34(40)42-21-36(2,23-44-35-38-28-15-6-9-18-31(28)46-35)22-43-29-16-7-4-11-24(29)26-13-10-14-27-25-12-5-8-17-30(25)45-33(26)27/h3-18H,1,19-23H2,2H3,(H,37,40). The maximum Gasteiger partial charge on any atom is 0.407 e. The third kappa shape index (κ3) is 7.58. The SMILES string of the molecule is C=CC(=O)OCCNC(=O)OCC(C)(CSc1nc2ccccc2s1)CSc1ccccc1-c1cccc2c1sc1ccccc12. The topological polar surface area (TPSA) is 77.5 Å². The molecule has 0 radical (unpaired) electrons. The van der Waals surface area contributed by atoms with Crippen molar-refractivity contribution in [2.45, 2.75) is 16.2 Å². The van der Waals surface area contributed by atoms with Crippen LogP contribution in [0.3, 0.4) is 0 Å². The molecule has 0 saturated heterocycles. The van der Waals surface area contributed by atoms with Crippen LogP contribution in [0.15, 0.2) is 113 Å². The number of rotatable bonds is 13. The predicted molar refractivity (Wildman–Crippen MR) is 194 cm³/mol. The minimum atomic E-state index is -0.548. The number of nitrogens with zero attached hydrogens (tertiary/aromatic N) is 1. The zero-order chi connectivity index (χ0) is 31.9. The van der Waals surface area contributed by atoms with Crippen LogP contribution in [-0.4, -0.2) is 48.3 Å². The molecule has 6 aromatic rings. The number of para-hydroxylation sites is 1. The number of hydrogen-bond acceptors (Lipinski definition) is 9. The quantitative estimate of drug-likeness (QED) is 0.0562. The molecule has 2 aromatic heterocycles. The Morgan fingerprint density at radius 3 is 2.41 bits per heavy atom. The molecule has 6 nitrogen and oxygen atoms in total. The van der Waals surface area contributed by atoms with E-state index in [0.717, 1.165) is 20.6 Å². The van der Waals surface area contributed by atoms with Crippen molar-refractivity contribution in [1.82, 2.24) is 10.3 Å². The molecule has 1 N–H and O–H groups in total. The number of ether oxygens (including phenoxy) is 2. The lowest BCUT2D eigenvalue weighted by atomic mass is 9.98. The van der Waals surface area contributed by atoms with Crippen LogP contribution in [0.4, 0.5) is 4.79 Å². The maximum absolute atomic E-state index is 12.6. The van der Waals surface area contributed by atoms with Crippen LogP contribution < -0.4 is 5.32 Å². The van der Waals surface area contributed by atoms with E-state index in [4.69, 9.17) is 14.5 Å². The first-order valence-corrected chi connectivity index (χ1v) is 18.3. The molecule has 0 fully saturated rings. The molecule has 1 atom stereocenters. The van der Waals surface area contributed by atoms with Crippen LogP contribution >= 0.6 is 46.2 Å². The molecule has 2 heterocycles. The Morgan fingerprint density at radius 2 is 1.57 bits per heavy atom. The number of nitrogens with one attached hydrogen (secondary N) is 1. The van der Waals surface area contributed by atoms with Crippen LogP contribution in [0, 0.1) is 5.41 Å². The van der Waals surface area contributed by atoms with E-state index in [0.29, 0.717) is 11.5 Å². The van der Waals surface area contributed by atoms with Crippen molar-refractivity contribution >= 4 is 88.6 Å². The summed E-state index contributed by atoms with van der Waals surface area (Å²) in [6.07, 6.45) is 0.540. The molecular formula is C36H32N2O4S4. The Hall–Kier alpha value is -3.83. The Balaban J connectivity index is 1.20. The van der Waals surface area contributed by atoms with Gasteiger partial charge in [0.1, 0.15) is 13.2 Å². The minimum Gasteiger partial charge on any atom is -0.461 e. The average molecular weight is 685 g/mol. The van der Waals surface area contributed by atoms with Gasteiger partial charge in [0.15, 0.2) is 4.34 Å². The van der Waals surface area contributed by atoms with Gasteiger partial charge in [-0.2, -0.15) is 0 Å². The van der Waals surface area contributed by atoms with Gasteiger partial charge in [0.2, 0.25) is 0 Å². The first-order chi connectivity index (χ1) is 22.4. The molecule has 4 aromatic carbocycles. The van der Waals surface area contributed by atoms with E-state index < -0.39 is 12.1 Å². The highest BCUT2D eigenvalue weighted by Gasteiger charge is 2.29. The Kier molecular flexibility index (Phi) is 10.3. The number of thioether (sulfide) groups is 2. The first-order valence-electron chi connectivity index (χ1n) is 14.7. The monoisotopic (exact) mass is 684 g/mol. The van der Waals surface area contributed by atoms with E-state index >= 15 is 0 Å². The summed E-state index contributed by atoms with van der Waals surface area (Å²) < 4.78 is 15.4. The number of thiazole rings is 1. The van der Waals surface area contributed by atoms with E-state index in [1.54, 1.807) is 34.9 Å². The van der Waals surface area contributed by atoms with Gasteiger partial charge >= 0.3 is 12.1 Å². The van der Waals surface area contributed by atoms with Crippen molar-refractivity contribution in [3.8, 4) is 11.1 Å². The molecule has 234 valence electrons. The number of carbonyl (C=O) groups excluding carboxylic acids is 2. The molecule has 0 aliphatic rings. The van der Waals surface area contributed by atoms with Crippen LogP contribution in [0.2, 0.25) is 0 Å². The summed E-state index contributed by atoms with van der Waals surface area (Å²) in [6, 6.07) is 31.8. The molecule has 0 saturated carbocycles. The van der Waals surface area contributed by atoms with Crippen LogP contribution in [0.5, 0.6) is 0 Å². The van der Waals surface area contributed by atoms with Crippen LogP contribution in [-0.2, 0) is 14.3 Å². The fourth-order valence-electron chi connectivity index (χ4n) is 4.95. The zero-order valence-electron chi connectivity index (χ0n) is 25.2. The third-order valence-electron chi connectivity index (χ3n) is 7.31. The van der Waals surface area contributed by atoms with Gasteiger partial charge in [-0.25, -0.2) is 14.6 Å². The lowest BCUT2D eigenvalue weighted by Gasteiger charge is -2.28. The second kappa shape index (κ2) is 14.7. The third-order valence-corrected chi connectivity index (χ3v) is 12.7. The number of hydrogen-bond donors (Lipinski definition) is 1. The van der Waals surface area contributed by atoms with Crippen LogP contribution in [0.1, 0.15) is 6.92 Å². The van der Waals surface area contributed by atoms with E-state index in [2.05, 4.69) is 91.6 Å². The molecular weight excluding hydrogens is 653 g/mol. The van der Waals surface area contributed by atoms with E-state index in [-0.39, 0.29) is 25.2 Å². The number of benzene rings is 4. The Bertz CT molecular complexity index is 1990. The summed E-state index contributed by atoms with van der Waals surface area (Å²) in [5.41, 5.74) is 3.03. The first kappa shape index (κ1) is 32.1. The molecule has 1 unspecified atom stereocenters. The van der Waals surface area contributed by atoms with Gasteiger partial charge in [-0.3, -0.25) is 0 Å². The molecule has 0 aliphatic carbocycles. The lowest BCUT2D eigenvalue weighted by Crippen LogP contribution is -2.35. The van der Waals surface area contributed by atoms with Gasteiger partial charge in [0.05, 0.1) is 16.8 Å². The van der Waals surface area contributed by atoms with E-state index in [1.165, 1.54) is 36.2 Å². The summed E-state index contributed by atoms with van der Waals surface area (Å²) in [5.74, 6) is 0.891. The lowest BCUT2D eigenvalue weighted by molar-refractivity contribution is -0.137. The van der Waals surface area contributed by atoms with Gasteiger partial charge in [-0.1, -0.05) is 92.0 Å². The second-order valence-corrected chi connectivity index (χ2v) is 15.3. The number of thiophene rings is 1. The van der Waals surface area contributed by atoms with Crippen molar-refractivity contribution in [1.29, 1.82) is 0 Å². The van der Waals surface area contributed by atoms with Gasteiger partial charge in [-0.15, -0.1) is 34.4 Å². The van der Waals surface area contributed by atoms with Gasteiger partial charge in [-0.05, 0) is 29.8 Å². The molecule has 0 aliphatic heterocycles. The van der Waals surface area contributed by atoms with E-state index in [1.807, 2.05) is 29.5 Å². The average Bonchev–Trinajstić information content (AvgIpc) is 3.69. The van der Waals surface area contributed by atoms with Crippen LogP contribution in [0.25, 0.3) is 41.5 Å². The molecule has 6 rings (SSSR count). The predicted octanol–water partition coefficient (Wildman–Crippen LogP) is 9.68. The highest BCUT2D eigenvalue weighted by molar-refractivity contribution is 8.01. The normalized spacial score (nSPS) is 12.6. The smallest absolute Gasteiger partial charge is 0.407 e. The van der Waals surface area contributed by atoms with Crippen molar-refractivity contribution in [2.75, 3.05) is 31.3 Å². The highest BCUT2D eigenvalue weighted by atomic mass is 32.2. The summed E-state index contributed by atoms with van der Waals surface area (Å²) in [7, 11) is 0. The van der Waals surface area contributed by atoms with Gasteiger partial charge in [0, 0.05) is 53.6 Å². The number of esters is 1. The van der Waals surface area contributed by atoms with Crippen molar-refractivity contribution in [3.05, 3.63) is 104 Å². The summed E-state index contributed by atoms with van der Waals surface area (Å²) in [5, 5.41) is 5.22. The summed E-state index contributed by atoms with van der Waals surface area (Å²) in [6.45, 7) is 5.93. The molecule has 1 amide bonds. The second-order valence-electron chi connectivity index (χ2n) is 11.0. The van der Waals surface area contributed by atoms with Crippen molar-refractivity contribution in [2.24, 2.45) is 5.41 Å². The molecule has 0 spiro atoms. The number of fused-ring (bicyclic) bond motifs is 4. The highest BCUT2D eigenvalue weighted by Crippen LogP contribution is 2.44. The van der Waals surface area contributed by atoms with Gasteiger partial charge < -0.3 is 14.8 Å². The summed E-state index contributed by atoms with van der Waals surface area (Å²) in [4.78, 5) is 29.9. The molecule has 46 heavy (non-hydrogen) atoms. The van der Waals surface area contributed by atoms with Crippen molar-refractivity contribution < 1.29 is 19.1 Å². The Labute approximate surface area is 284 Å². The number of carbonyl (C=O) groups is 2. The summed E-state index contributed by atoms with van der Waals surface area (Å²) >= 11 is 6.97. The number of alkyl carbamates (subject to hydrolysis) is 1. The van der Waals surface area contributed by atoms with Gasteiger partial charge in [0.25, 0.3) is 0 Å².